The maximum Gasteiger partial charge on any atom is 0.391 e. The zero-order valence-corrected chi connectivity index (χ0v) is 19.8. The molecule has 10 heteroatoms. The van der Waals surface area contributed by atoms with Gasteiger partial charge in [0.25, 0.3) is 0 Å². The average Bonchev–Trinajstić information content (AvgIpc) is 3.20. The van der Waals surface area contributed by atoms with Gasteiger partial charge in [0.15, 0.2) is 5.65 Å². The summed E-state index contributed by atoms with van der Waals surface area (Å²) in [5.74, 6) is -1.71. The molecule has 1 N–H and O–H groups in total. The minimum absolute atomic E-state index is 0.0307. The van der Waals surface area contributed by atoms with Crippen LogP contribution in [0.2, 0.25) is 0 Å². The zero-order valence-electron chi connectivity index (χ0n) is 19.8. The van der Waals surface area contributed by atoms with Crippen molar-refractivity contribution in [1.82, 2.24) is 14.6 Å². The van der Waals surface area contributed by atoms with E-state index in [4.69, 9.17) is 10.1 Å². The molecule has 1 saturated carbocycles. The Morgan fingerprint density at radius 3 is 2.50 bits per heavy atom. The van der Waals surface area contributed by atoms with Gasteiger partial charge in [0.05, 0.1) is 11.6 Å². The molecular weight excluding hydrogens is 452 g/mol. The van der Waals surface area contributed by atoms with E-state index in [1.54, 1.807) is 4.52 Å². The molecule has 1 aliphatic carbocycles. The van der Waals surface area contributed by atoms with Crippen LogP contribution in [-0.4, -0.2) is 51.6 Å². The largest absolute Gasteiger partial charge is 0.481 e. The molecule has 2 aromatic rings. The maximum absolute atomic E-state index is 14.0. The number of carbonyl (C=O) groups is 1. The van der Waals surface area contributed by atoms with Gasteiger partial charge in [0, 0.05) is 36.3 Å². The van der Waals surface area contributed by atoms with Crippen LogP contribution in [0.4, 0.5) is 23.4 Å². The predicted octanol–water partition coefficient (Wildman–Crippen LogP) is 5.64. The van der Waals surface area contributed by atoms with Gasteiger partial charge in [-0.25, -0.2) is 9.37 Å². The molecule has 2 aromatic heterocycles. The van der Waals surface area contributed by atoms with E-state index in [1.807, 2.05) is 31.7 Å². The van der Waals surface area contributed by atoms with Crippen LogP contribution in [0, 0.1) is 18.3 Å². The summed E-state index contributed by atoms with van der Waals surface area (Å²) in [7, 11) is 0. The number of aromatic nitrogens is 3. The Bertz CT molecular complexity index is 1060. The lowest BCUT2D eigenvalue weighted by atomic mass is 9.80. The highest BCUT2D eigenvalue weighted by molar-refractivity contribution is 5.76. The van der Waals surface area contributed by atoms with Gasteiger partial charge < -0.3 is 10.0 Å². The molecule has 188 valence electrons. The molecule has 3 heterocycles. The standard InChI is InChI=1S/C24H32F4N4O2/c1-14(2)20-15(3)29-19-11-18(16-5-7-17(8-6-16)24(26,27)28)30-32(19)21(20)31-10-4-9-23(12-25,13-31)22(33)34/h11,14,16-17H,4-10,12-13H2,1-3H3,(H,33,34)/t16?,17?,23-/m1/s1. The van der Waals surface area contributed by atoms with E-state index >= 15 is 0 Å². The first-order chi connectivity index (χ1) is 16.0. The number of fused-ring (bicyclic) bond motifs is 1. The minimum atomic E-state index is -4.16. The van der Waals surface area contributed by atoms with Crippen molar-refractivity contribution in [2.24, 2.45) is 11.3 Å². The second kappa shape index (κ2) is 9.00. The van der Waals surface area contributed by atoms with E-state index in [2.05, 4.69) is 0 Å². The number of aliphatic carboxylic acids is 1. The van der Waals surface area contributed by atoms with Crippen molar-refractivity contribution in [2.45, 2.75) is 77.3 Å². The molecule has 0 bridgehead atoms. The fourth-order valence-corrected chi connectivity index (χ4v) is 5.68. The lowest BCUT2D eigenvalue weighted by molar-refractivity contribution is -0.182. The van der Waals surface area contributed by atoms with Crippen molar-refractivity contribution in [1.29, 1.82) is 0 Å². The molecule has 0 amide bonds. The van der Waals surface area contributed by atoms with E-state index in [0.29, 0.717) is 43.0 Å². The molecule has 0 spiro atoms. The van der Waals surface area contributed by atoms with Crippen LogP contribution in [0.5, 0.6) is 0 Å². The summed E-state index contributed by atoms with van der Waals surface area (Å²) in [5.41, 5.74) is 1.53. The van der Waals surface area contributed by atoms with Crippen LogP contribution in [-0.2, 0) is 4.79 Å². The number of carboxylic acid groups (broad SMARTS) is 1. The van der Waals surface area contributed by atoms with Crippen LogP contribution < -0.4 is 4.90 Å². The van der Waals surface area contributed by atoms with Gasteiger partial charge in [-0.05, 0) is 51.4 Å². The normalized spacial score (nSPS) is 26.4. The first-order valence-electron chi connectivity index (χ1n) is 12.0. The molecule has 0 aromatic carbocycles. The molecule has 2 aliphatic rings. The first-order valence-corrected chi connectivity index (χ1v) is 12.0. The molecule has 2 fully saturated rings. The lowest BCUT2D eigenvalue weighted by Crippen LogP contribution is -2.50. The number of hydrogen-bond acceptors (Lipinski definition) is 4. The molecule has 4 rings (SSSR count). The van der Waals surface area contributed by atoms with Gasteiger partial charge in [-0.2, -0.15) is 22.8 Å². The SMILES string of the molecule is Cc1nc2cc(C3CCC(C(F)(F)F)CC3)nn2c(N2CCC[C@](CF)(C(=O)O)C2)c1C(C)C. The van der Waals surface area contributed by atoms with E-state index in [1.165, 1.54) is 0 Å². The zero-order chi connectivity index (χ0) is 24.8. The summed E-state index contributed by atoms with van der Waals surface area (Å²) in [6.07, 6.45) is -2.37. The van der Waals surface area contributed by atoms with Crippen LogP contribution in [0.3, 0.4) is 0 Å². The van der Waals surface area contributed by atoms with Crippen molar-refractivity contribution < 1.29 is 27.5 Å². The van der Waals surface area contributed by atoms with Gasteiger partial charge in [-0.15, -0.1) is 0 Å². The van der Waals surface area contributed by atoms with Gasteiger partial charge >= 0.3 is 12.1 Å². The highest BCUT2D eigenvalue weighted by Crippen LogP contribution is 2.43. The molecular formula is C24H32F4N4O2. The number of rotatable bonds is 5. The molecule has 1 aliphatic heterocycles. The number of aryl methyl sites for hydroxylation is 1. The Morgan fingerprint density at radius 1 is 1.26 bits per heavy atom. The first kappa shape index (κ1) is 24.7. The monoisotopic (exact) mass is 484 g/mol. The Morgan fingerprint density at radius 2 is 1.94 bits per heavy atom. The predicted molar refractivity (Wildman–Crippen MR) is 120 cm³/mol. The van der Waals surface area contributed by atoms with E-state index in [9.17, 15) is 27.5 Å². The number of piperidine rings is 1. The van der Waals surface area contributed by atoms with Crippen molar-refractivity contribution >= 4 is 17.4 Å². The van der Waals surface area contributed by atoms with Crippen LogP contribution >= 0.6 is 0 Å². The molecule has 0 radical (unpaired) electrons. The van der Waals surface area contributed by atoms with Gasteiger partial charge in [-0.3, -0.25) is 4.79 Å². The molecule has 34 heavy (non-hydrogen) atoms. The number of halogens is 4. The highest BCUT2D eigenvalue weighted by Gasteiger charge is 2.44. The fourth-order valence-electron chi connectivity index (χ4n) is 5.68. The van der Waals surface area contributed by atoms with E-state index in [0.717, 1.165) is 11.3 Å². The summed E-state index contributed by atoms with van der Waals surface area (Å²) in [6, 6.07) is 1.84. The van der Waals surface area contributed by atoms with E-state index in [-0.39, 0.29) is 37.6 Å². The number of anilines is 1. The number of alkyl halides is 4. The van der Waals surface area contributed by atoms with Crippen LogP contribution in [0.15, 0.2) is 6.07 Å². The van der Waals surface area contributed by atoms with Crippen molar-refractivity contribution in [2.75, 3.05) is 24.7 Å². The van der Waals surface area contributed by atoms with Gasteiger partial charge in [0.2, 0.25) is 0 Å². The summed E-state index contributed by atoms with van der Waals surface area (Å²) in [5, 5.41) is 14.6. The molecule has 1 saturated heterocycles. The quantitative estimate of drug-likeness (QED) is 0.557. The van der Waals surface area contributed by atoms with Gasteiger partial charge in [0.1, 0.15) is 17.9 Å². The number of nitrogens with zero attached hydrogens (tertiary/aromatic N) is 4. The second-order valence-corrected chi connectivity index (χ2v) is 10.3. The fraction of sp³-hybridized carbons (Fsp3) is 0.708. The van der Waals surface area contributed by atoms with Crippen LogP contribution in [0.25, 0.3) is 5.65 Å². The minimum Gasteiger partial charge on any atom is -0.481 e. The molecule has 6 nitrogen and oxygen atoms in total. The number of carboxylic acids is 1. The van der Waals surface area contributed by atoms with E-state index < -0.39 is 30.2 Å². The highest BCUT2D eigenvalue weighted by atomic mass is 19.4. The maximum atomic E-state index is 14.0. The summed E-state index contributed by atoms with van der Waals surface area (Å²) < 4.78 is 55.0. The molecule has 0 unspecified atom stereocenters. The Hall–Kier alpha value is -2.39. The summed E-state index contributed by atoms with van der Waals surface area (Å²) in [6.45, 7) is 5.58. The average molecular weight is 485 g/mol. The third-order valence-corrected chi connectivity index (χ3v) is 7.59. The topological polar surface area (TPSA) is 70.7 Å². The third-order valence-electron chi connectivity index (χ3n) is 7.59. The van der Waals surface area contributed by atoms with Crippen molar-refractivity contribution in [3.63, 3.8) is 0 Å². The Balaban J connectivity index is 1.74. The summed E-state index contributed by atoms with van der Waals surface area (Å²) in [4.78, 5) is 18.6. The summed E-state index contributed by atoms with van der Waals surface area (Å²) >= 11 is 0. The van der Waals surface area contributed by atoms with Gasteiger partial charge in [-0.1, -0.05) is 13.8 Å². The van der Waals surface area contributed by atoms with Crippen LogP contribution in [0.1, 0.15) is 81.2 Å². The Kier molecular flexibility index (Phi) is 6.54. The van der Waals surface area contributed by atoms with Crippen molar-refractivity contribution in [3.8, 4) is 0 Å². The molecule has 1 atom stereocenters. The van der Waals surface area contributed by atoms with Crippen molar-refractivity contribution in [3.05, 3.63) is 23.0 Å². The lowest BCUT2D eigenvalue weighted by Gasteiger charge is -2.40. The third kappa shape index (κ3) is 4.35. The second-order valence-electron chi connectivity index (χ2n) is 10.3. The number of hydrogen-bond donors (Lipinski definition) is 1. The Labute approximate surface area is 196 Å². The smallest absolute Gasteiger partial charge is 0.391 e.